The van der Waals surface area contributed by atoms with Crippen LogP contribution in [0.4, 0.5) is 5.82 Å². The molecular formula is C21H24ClN5O. The van der Waals surface area contributed by atoms with Gasteiger partial charge in [0.25, 0.3) is 0 Å². The summed E-state index contributed by atoms with van der Waals surface area (Å²) in [7, 11) is 2.06. The lowest BCUT2D eigenvalue weighted by Gasteiger charge is -2.32. The van der Waals surface area contributed by atoms with Crippen molar-refractivity contribution in [2.45, 2.75) is 25.2 Å². The van der Waals surface area contributed by atoms with E-state index in [1.165, 1.54) is 0 Å². The quantitative estimate of drug-likeness (QED) is 0.710. The van der Waals surface area contributed by atoms with Crippen molar-refractivity contribution in [3.05, 3.63) is 53.4 Å². The molecule has 0 bridgehead atoms. The van der Waals surface area contributed by atoms with Crippen LogP contribution in [0.1, 0.15) is 31.0 Å². The van der Waals surface area contributed by atoms with E-state index in [9.17, 15) is 4.79 Å². The van der Waals surface area contributed by atoms with Gasteiger partial charge in [-0.3, -0.25) is 4.79 Å². The Labute approximate surface area is 169 Å². The second-order valence-electron chi connectivity index (χ2n) is 7.24. The molecule has 2 aromatic heterocycles. The first-order chi connectivity index (χ1) is 13.6. The third kappa shape index (κ3) is 3.97. The minimum Gasteiger partial charge on any atom is -0.370 e. The molecule has 3 heterocycles. The highest BCUT2D eigenvalue weighted by Crippen LogP contribution is 2.28. The van der Waals surface area contributed by atoms with Gasteiger partial charge in [-0.05, 0) is 37.1 Å². The average Bonchev–Trinajstić information content (AvgIpc) is 3.06. The first-order valence-corrected chi connectivity index (χ1v) is 10.0. The van der Waals surface area contributed by atoms with Crippen LogP contribution in [0, 0.1) is 0 Å². The van der Waals surface area contributed by atoms with Gasteiger partial charge in [0.2, 0.25) is 5.91 Å². The van der Waals surface area contributed by atoms with E-state index in [0.717, 1.165) is 48.6 Å². The van der Waals surface area contributed by atoms with Gasteiger partial charge < -0.3 is 14.8 Å². The molecule has 0 unspecified atom stereocenters. The van der Waals surface area contributed by atoms with Gasteiger partial charge in [-0.1, -0.05) is 23.7 Å². The Bertz CT molecular complexity index is 969. The number of imidazole rings is 1. The van der Waals surface area contributed by atoms with Crippen molar-refractivity contribution < 1.29 is 4.79 Å². The highest BCUT2D eigenvalue weighted by atomic mass is 35.5. The van der Waals surface area contributed by atoms with Crippen LogP contribution in [-0.2, 0) is 11.8 Å². The lowest BCUT2D eigenvalue weighted by atomic mass is 9.97. The number of fused-ring (bicyclic) bond motifs is 1. The molecule has 1 amide bonds. The number of nitrogens with zero attached hydrogens (tertiary/aromatic N) is 4. The van der Waals surface area contributed by atoms with Gasteiger partial charge >= 0.3 is 0 Å². The number of hydrogen-bond acceptors (Lipinski definition) is 4. The molecule has 1 N–H and O–H groups in total. The Kier molecular flexibility index (Phi) is 5.48. The number of para-hydroxylation sites is 2. The van der Waals surface area contributed by atoms with E-state index >= 15 is 0 Å². The summed E-state index contributed by atoms with van der Waals surface area (Å²) in [6, 6.07) is 11.8. The molecule has 28 heavy (non-hydrogen) atoms. The number of amides is 1. The van der Waals surface area contributed by atoms with Crippen LogP contribution in [-0.4, -0.2) is 45.0 Å². The molecule has 146 valence electrons. The van der Waals surface area contributed by atoms with E-state index in [1.807, 2.05) is 29.2 Å². The van der Waals surface area contributed by atoms with Crippen molar-refractivity contribution >= 4 is 34.4 Å². The summed E-state index contributed by atoms with van der Waals surface area (Å²) in [5.74, 6) is 2.25. The van der Waals surface area contributed by atoms with E-state index in [0.29, 0.717) is 18.0 Å². The Morgan fingerprint density at radius 2 is 2.14 bits per heavy atom. The monoisotopic (exact) mass is 397 g/mol. The second-order valence-corrected chi connectivity index (χ2v) is 7.67. The van der Waals surface area contributed by atoms with E-state index < -0.39 is 0 Å². The summed E-state index contributed by atoms with van der Waals surface area (Å²) in [4.78, 5) is 23.7. The zero-order valence-corrected chi connectivity index (χ0v) is 16.7. The molecule has 1 aliphatic rings. The number of carbonyl (C=O) groups excluding carboxylic acids is 1. The van der Waals surface area contributed by atoms with Crippen molar-refractivity contribution in [1.82, 2.24) is 19.4 Å². The standard InChI is InChI=1S/C21H24ClN5O/c1-26-18-7-3-2-6-17(18)25-21(26)15-5-4-12-27(14-15)20(28)10-11-23-19-9-8-16(22)13-24-19/h2-3,6-9,13,15H,4-5,10-12,14H2,1H3,(H,23,24)/t15-/m0/s1. The largest absolute Gasteiger partial charge is 0.370 e. The number of rotatable bonds is 5. The third-order valence-corrected chi connectivity index (χ3v) is 5.56. The van der Waals surface area contributed by atoms with Crippen LogP contribution in [0.2, 0.25) is 5.02 Å². The zero-order valence-electron chi connectivity index (χ0n) is 15.9. The summed E-state index contributed by atoms with van der Waals surface area (Å²) in [6.07, 6.45) is 4.11. The van der Waals surface area contributed by atoms with Crippen molar-refractivity contribution in [3.8, 4) is 0 Å². The fraction of sp³-hybridized carbons (Fsp3) is 0.381. The number of benzene rings is 1. The second kappa shape index (κ2) is 8.19. The lowest BCUT2D eigenvalue weighted by Crippen LogP contribution is -2.40. The fourth-order valence-electron chi connectivity index (χ4n) is 3.88. The van der Waals surface area contributed by atoms with Crippen LogP contribution in [0.5, 0.6) is 0 Å². The van der Waals surface area contributed by atoms with Gasteiger partial charge in [-0.15, -0.1) is 0 Å². The van der Waals surface area contributed by atoms with Crippen LogP contribution < -0.4 is 5.32 Å². The Morgan fingerprint density at radius 3 is 2.93 bits per heavy atom. The molecule has 4 rings (SSSR count). The Hall–Kier alpha value is -2.60. The van der Waals surface area contributed by atoms with Crippen molar-refractivity contribution in [2.24, 2.45) is 7.05 Å². The maximum absolute atomic E-state index is 12.7. The number of halogens is 1. The summed E-state index contributed by atoms with van der Waals surface area (Å²) >= 11 is 5.84. The molecule has 0 spiro atoms. The number of hydrogen-bond donors (Lipinski definition) is 1. The molecule has 6 nitrogen and oxygen atoms in total. The average molecular weight is 398 g/mol. The maximum atomic E-state index is 12.7. The maximum Gasteiger partial charge on any atom is 0.224 e. The number of likely N-dealkylation sites (tertiary alicyclic amines) is 1. The molecular weight excluding hydrogens is 374 g/mol. The number of carbonyl (C=O) groups is 1. The van der Waals surface area contributed by atoms with Crippen LogP contribution in [0.3, 0.4) is 0 Å². The van der Waals surface area contributed by atoms with Crippen molar-refractivity contribution in [1.29, 1.82) is 0 Å². The third-order valence-electron chi connectivity index (χ3n) is 5.33. The van der Waals surface area contributed by atoms with Gasteiger partial charge in [-0.2, -0.15) is 0 Å². The first-order valence-electron chi connectivity index (χ1n) is 9.66. The SMILES string of the molecule is Cn1c([C@H]2CCCN(C(=O)CCNc3ccc(Cl)cn3)C2)nc2ccccc21. The van der Waals surface area contributed by atoms with E-state index in [4.69, 9.17) is 16.6 Å². The van der Waals surface area contributed by atoms with Gasteiger partial charge in [0.1, 0.15) is 11.6 Å². The summed E-state index contributed by atoms with van der Waals surface area (Å²) < 4.78 is 2.17. The molecule has 0 aliphatic carbocycles. The summed E-state index contributed by atoms with van der Waals surface area (Å²) in [5.41, 5.74) is 2.16. The highest BCUT2D eigenvalue weighted by Gasteiger charge is 2.27. The summed E-state index contributed by atoms with van der Waals surface area (Å²) in [5, 5.41) is 3.78. The Balaban J connectivity index is 1.36. The van der Waals surface area contributed by atoms with Gasteiger partial charge in [0.05, 0.1) is 16.1 Å². The van der Waals surface area contributed by atoms with Crippen LogP contribution >= 0.6 is 11.6 Å². The molecule has 1 aliphatic heterocycles. The summed E-state index contributed by atoms with van der Waals surface area (Å²) in [6.45, 7) is 2.11. The zero-order chi connectivity index (χ0) is 19.5. The fourth-order valence-corrected chi connectivity index (χ4v) is 3.99. The van der Waals surface area contributed by atoms with Gasteiger partial charge in [-0.25, -0.2) is 9.97 Å². The number of nitrogens with one attached hydrogen (secondary N) is 1. The molecule has 1 atom stereocenters. The first kappa shape index (κ1) is 18.7. The normalized spacial score (nSPS) is 17.1. The molecule has 1 saturated heterocycles. The predicted molar refractivity (Wildman–Crippen MR) is 112 cm³/mol. The van der Waals surface area contributed by atoms with E-state index in [2.05, 4.69) is 28.0 Å². The molecule has 1 fully saturated rings. The number of aromatic nitrogens is 3. The molecule has 0 saturated carbocycles. The predicted octanol–water partition coefficient (Wildman–Crippen LogP) is 3.83. The molecule has 0 radical (unpaired) electrons. The number of piperidine rings is 1. The number of anilines is 1. The van der Waals surface area contributed by atoms with Gasteiger partial charge in [0, 0.05) is 45.2 Å². The Morgan fingerprint density at radius 1 is 1.29 bits per heavy atom. The van der Waals surface area contributed by atoms with Crippen LogP contribution in [0.25, 0.3) is 11.0 Å². The minimum absolute atomic E-state index is 0.171. The number of aryl methyl sites for hydroxylation is 1. The molecule has 7 heteroatoms. The highest BCUT2D eigenvalue weighted by molar-refractivity contribution is 6.30. The number of pyridine rings is 1. The van der Waals surface area contributed by atoms with Crippen molar-refractivity contribution in [3.63, 3.8) is 0 Å². The smallest absolute Gasteiger partial charge is 0.224 e. The van der Waals surface area contributed by atoms with Crippen molar-refractivity contribution in [2.75, 3.05) is 25.0 Å². The molecule has 1 aromatic carbocycles. The molecule has 3 aromatic rings. The van der Waals surface area contributed by atoms with Gasteiger partial charge in [0.15, 0.2) is 0 Å². The minimum atomic E-state index is 0.171. The topological polar surface area (TPSA) is 63.1 Å². The van der Waals surface area contributed by atoms with E-state index in [-0.39, 0.29) is 11.8 Å². The lowest BCUT2D eigenvalue weighted by molar-refractivity contribution is -0.132. The van der Waals surface area contributed by atoms with E-state index in [1.54, 1.807) is 12.3 Å². The van der Waals surface area contributed by atoms with Crippen LogP contribution in [0.15, 0.2) is 42.6 Å².